The maximum absolute atomic E-state index is 11.5. The molecule has 0 N–H and O–H groups in total. The normalized spacial score (nSPS) is 11.0. The van der Waals surface area contributed by atoms with Crippen molar-refractivity contribution in [1.82, 2.24) is 4.98 Å². The topological polar surface area (TPSA) is 43.1 Å². The number of nitrogens with zero attached hydrogens (tertiary/aromatic N) is 1. The van der Waals surface area contributed by atoms with E-state index in [1.54, 1.807) is 0 Å². The lowest BCUT2D eigenvalue weighted by Gasteiger charge is -1.98. The monoisotopic (exact) mass is 323 g/mol. The zero-order valence-electron chi connectivity index (χ0n) is 12.3. The molecule has 0 amide bonds. The highest BCUT2D eigenvalue weighted by Crippen LogP contribution is 2.21. The maximum Gasteiger partial charge on any atom is 0.226 e. The Hall–Kier alpha value is -2.65. The van der Waals surface area contributed by atoms with Gasteiger partial charge in [0.05, 0.1) is 5.88 Å². The molecule has 0 saturated carbocycles. The van der Waals surface area contributed by atoms with Crippen LogP contribution in [0.25, 0.3) is 23.6 Å². The minimum Gasteiger partial charge on any atom is -0.444 e. The number of oxazole rings is 1. The van der Waals surface area contributed by atoms with Crippen LogP contribution in [0.15, 0.2) is 65.3 Å². The summed E-state index contributed by atoms with van der Waals surface area (Å²) in [6, 6.07) is 17.8. The second-order valence-corrected chi connectivity index (χ2v) is 5.23. The largest absolute Gasteiger partial charge is 0.444 e. The number of hydrogen-bond acceptors (Lipinski definition) is 3. The van der Waals surface area contributed by atoms with Gasteiger partial charge in [-0.3, -0.25) is 4.79 Å². The first-order chi connectivity index (χ1) is 11.3. The predicted molar refractivity (Wildman–Crippen MR) is 92.4 cm³/mol. The van der Waals surface area contributed by atoms with Gasteiger partial charge in [-0.05, 0) is 23.3 Å². The number of halogens is 1. The van der Waals surface area contributed by atoms with Crippen LogP contribution in [0.1, 0.15) is 21.6 Å². The molecule has 0 aliphatic heterocycles. The fraction of sp³-hybridized carbons (Fsp3) is 0.0526. The molecule has 0 radical (unpaired) electrons. The van der Waals surface area contributed by atoms with E-state index in [1.165, 1.54) is 6.26 Å². The van der Waals surface area contributed by atoms with E-state index in [2.05, 4.69) is 4.98 Å². The van der Waals surface area contributed by atoms with Crippen LogP contribution in [0.2, 0.25) is 0 Å². The van der Waals surface area contributed by atoms with Crippen molar-refractivity contribution >= 4 is 29.5 Å². The highest BCUT2D eigenvalue weighted by molar-refractivity contribution is 6.30. The van der Waals surface area contributed by atoms with Crippen molar-refractivity contribution in [2.45, 2.75) is 0 Å². The fourth-order valence-electron chi connectivity index (χ4n) is 2.13. The van der Waals surface area contributed by atoms with Gasteiger partial charge in [-0.15, -0.1) is 11.6 Å². The number of carbonyl (C=O) groups excluding carboxylic acids is 1. The molecular formula is C19H14ClNO2. The van der Waals surface area contributed by atoms with Crippen LogP contribution in [0.3, 0.4) is 0 Å². The average molecular weight is 324 g/mol. The average Bonchev–Trinajstić information content (AvgIpc) is 3.11. The number of aromatic nitrogens is 1. The third kappa shape index (κ3) is 3.76. The minimum absolute atomic E-state index is 0.105. The van der Waals surface area contributed by atoms with Gasteiger partial charge in [0, 0.05) is 5.56 Å². The Morgan fingerprint density at radius 1 is 1.04 bits per heavy atom. The molecule has 1 heterocycles. The van der Waals surface area contributed by atoms with Crippen molar-refractivity contribution in [3.63, 3.8) is 0 Å². The van der Waals surface area contributed by atoms with Gasteiger partial charge in [0.25, 0.3) is 0 Å². The van der Waals surface area contributed by atoms with Gasteiger partial charge >= 0.3 is 0 Å². The molecule has 0 fully saturated rings. The van der Waals surface area contributed by atoms with E-state index in [-0.39, 0.29) is 17.4 Å². The molecule has 114 valence electrons. The van der Waals surface area contributed by atoms with Crippen molar-refractivity contribution in [3.8, 4) is 11.5 Å². The van der Waals surface area contributed by atoms with Crippen LogP contribution in [-0.2, 0) is 0 Å². The number of ketones is 1. The Balaban J connectivity index is 1.84. The molecule has 0 aliphatic carbocycles. The minimum atomic E-state index is -0.248. The summed E-state index contributed by atoms with van der Waals surface area (Å²) >= 11 is 5.53. The second-order valence-electron chi connectivity index (χ2n) is 4.96. The van der Waals surface area contributed by atoms with Crippen LogP contribution < -0.4 is 0 Å². The predicted octanol–water partition coefficient (Wildman–Crippen LogP) is 4.93. The Kier molecular flexibility index (Phi) is 4.69. The molecule has 4 heteroatoms. The van der Waals surface area contributed by atoms with Crippen LogP contribution in [-0.4, -0.2) is 16.6 Å². The van der Waals surface area contributed by atoms with E-state index < -0.39 is 0 Å². The number of hydrogen-bond donors (Lipinski definition) is 0. The zero-order chi connectivity index (χ0) is 16.1. The molecule has 3 aromatic rings. The summed E-state index contributed by atoms with van der Waals surface area (Å²) in [7, 11) is 0. The standard InChI is InChI=1S/C19H14ClNO2/c20-12-18(22)17-13-23-19(21-17)16-8-4-7-15(11-16)10-9-14-5-2-1-3-6-14/h1-11,13H,12H2. The van der Waals surface area contributed by atoms with E-state index in [4.69, 9.17) is 16.0 Å². The number of rotatable bonds is 5. The Labute approximate surface area is 139 Å². The summed E-state index contributed by atoms with van der Waals surface area (Å²) in [6.07, 6.45) is 5.40. The molecular weight excluding hydrogens is 310 g/mol. The molecule has 3 nitrogen and oxygen atoms in total. The molecule has 0 spiro atoms. The van der Waals surface area contributed by atoms with E-state index in [1.807, 2.05) is 66.7 Å². The molecule has 0 aliphatic rings. The van der Waals surface area contributed by atoms with E-state index in [9.17, 15) is 4.79 Å². The Bertz CT molecular complexity index is 837. The lowest BCUT2D eigenvalue weighted by atomic mass is 10.1. The summed E-state index contributed by atoms with van der Waals surface area (Å²) in [6.45, 7) is 0. The summed E-state index contributed by atoms with van der Waals surface area (Å²) in [4.78, 5) is 15.7. The van der Waals surface area contributed by atoms with Crippen molar-refractivity contribution in [2.24, 2.45) is 0 Å². The fourth-order valence-corrected chi connectivity index (χ4v) is 2.27. The Morgan fingerprint density at radius 2 is 1.78 bits per heavy atom. The summed E-state index contributed by atoms with van der Waals surface area (Å²) in [5.41, 5.74) is 3.22. The first kappa shape index (κ1) is 15.3. The van der Waals surface area contributed by atoms with Gasteiger partial charge in [-0.25, -0.2) is 4.98 Å². The SMILES string of the molecule is O=C(CCl)c1coc(-c2cccc(C=Cc3ccccc3)c2)n1. The highest BCUT2D eigenvalue weighted by atomic mass is 35.5. The summed E-state index contributed by atoms with van der Waals surface area (Å²) in [5.74, 6) is 0.0569. The van der Waals surface area contributed by atoms with E-state index in [0.29, 0.717) is 5.89 Å². The number of alkyl halides is 1. The van der Waals surface area contributed by atoms with Crippen molar-refractivity contribution in [1.29, 1.82) is 0 Å². The van der Waals surface area contributed by atoms with Gasteiger partial charge in [0.15, 0.2) is 5.78 Å². The molecule has 0 saturated heterocycles. The number of Topliss-reactive ketones (excluding diaryl/α,β-unsaturated/α-hetero) is 1. The molecule has 1 aromatic heterocycles. The van der Waals surface area contributed by atoms with E-state index >= 15 is 0 Å². The smallest absolute Gasteiger partial charge is 0.226 e. The van der Waals surface area contributed by atoms with Crippen molar-refractivity contribution in [3.05, 3.63) is 77.7 Å². The first-order valence-corrected chi connectivity index (χ1v) is 7.68. The van der Waals surface area contributed by atoms with Gasteiger partial charge < -0.3 is 4.42 Å². The molecule has 3 rings (SSSR count). The molecule has 0 bridgehead atoms. The quantitative estimate of drug-likeness (QED) is 0.380. The first-order valence-electron chi connectivity index (χ1n) is 7.14. The van der Waals surface area contributed by atoms with Gasteiger partial charge in [-0.2, -0.15) is 0 Å². The summed E-state index contributed by atoms with van der Waals surface area (Å²) in [5, 5.41) is 0. The molecule has 2 aromatic carbocycles. The number of carbonyl (C=O) groups is 1. The molecule has 23 heavy (non-hydrogen) atoms. The molecule has 0 atom stereocenters. The zero-order valence-corrected chi connectivity index (χ0v) is 13.0. The third-order valence-electron chi connectivity index (χ3n) is 3.31. The Morgan fingerprint density at radius 3 is 2.57 bits per heavy atom. The van der Waals surface area contributed by atoms with Crippen LogP contribution >= 0.6 is 11.6 Å². The third-order valence-corrected chi connectivity index (χ3v) is 3.56. The van der Waals surface area contributed by atoms with Crippen LogP contribution in [0.5, 0.6) is 0 Å². The van der Waals surface area contributed by atoms with Gasteiger partial charge in [-0.1, -0.05) is 54.6 Å². The van der Waals surface area contributed by atoms with Crippen LogP contribution in [0.4, 0.5) is 0 Å². The van der Waals surface area contributed by atoms with Gasteiger partial charge in [0.2, 0.25) is 5.89 Å². The maximum atomic E-state index is 11.5. The van der Waals surface area contributed by atoms with Crippen LogP contribution in [0, 0.1) is 0 Å². The van der Waals surface area contributed by atoms with Crippen molar-refractivity contribution < 1.29 is 9.21 Å². The summed E-state index contributed by atoms with van der Waals surface area (Å²) < 4.78 is 5.38. The lowest BCUT2D eigenvalue weighted by molar-refractivity contribution is 0.101. The van der Waals surface area contributed by atoms with Crippen molar-refractivity contribution in [2.75, 3.05) is 5.88 Å². The molecule has 0 unspecified atom stereocenters. The highest BCUT2D eigenvalue weighted by Gasteiger charge is 2.12. The van der Waals surface area contributed by atoms with E-state index in [0.717, 1.165) is 16.7 Å². The number of benzene rings is 2. The van der Waals surface area contributed by atoms with Gasteiger partial charge in [0.1, 0.15) is 12.0 Å². The lowest BCUT2D eigenvalue weighted by Crippen LogP contribution is -2.00. The second kappa shape index (κ2) is 7.07.